The third-order valence-corrected chi connectivity index (χ3v) is 7.92. The third-order valence-electron chi connectivity index (χ3n) is 5.96. The van der Waals surface area contributed by atoms with Crippen molar-refractivity contribution >= 4 is 45.9 Å². The molecule has 2 N–H and O–H groups in total. The summed E-state index contributed by atoms with van der Waals surface area (Å²) in [6, 6.07) is 0.195. The molecular formula is C19H36IN5O3S. The number of carbonyl (C=O) groups is 1. The molecule has 1 atom stereocenters. The van der Waals surface area contributed by atoms with Gasteiger partial charge in [0.15, 0.2) is 5.96 Å². The molecule has 3 fully saturated rings. The largest absolute Gasteiger partial charge is 0.357 e. The van der Waals surface area contributed by atoms with E-state index in [1.807, 2.05) is 11.8 Å². The van der Waals surface area contributed by atoms with Crippen molar-refractivity contribution in [1.82, 2.24) is 19.8 Å². The molecule has 10 heteroatoms. The fraction of sp³-hybridized carbons (Fsp3) is 0.895. The van der Waals surface area contributed by atoms with Crippen molar-refractivity contribution in [2.45, 2.75) is 57.9 Å². The first-order valence-electron chi connectivity index (χ1n) is 10.8. The van der Waals surface area contributed by atoms with E-state index >= 15 is 0 Å². The van der Waals surface area contributed by atoms with Crippen LogP contribution in [0.4, 0.5) is 0 Å². The highest BCUT2D eigenvalue weighted by atomic mass is 127. The van der Waals surface area contributed by atoms with E-state index in [0.717, 1.165) is 38.9 Å². The number of nitrogens with zero attached hydrogens (tertiary/aromatic N) is 3. The maximum absolute atomic E-state index is 12.7. The lowest BCUT2D eigenvalue weighted by Crippen LogP contribution is -2.46. The van der Waals surface area contributed by atoms with Crippen LogP contribution in [0.3, 0.4) is 0 Å². The number of rotatable bonds is 6. The van der Waals surface area contributed by atoms with E-state index in [-0.39, 0.29) is 41.7 Å². The monoisotopic (exact) mass is 541 g/mol. The van der Waals surface area contributed by atoms with Gasteiger partial charge in [0.2, 0.25) is 15.9 Å². The first-order chi connectivity index (χ1) is 13.5. The summed E-state index contributed by atoms with van der Waals surface area (Å²) in [4.78, 5) is 19.3. The summed E-state index contributed by atoms with van der Waals surface area (Å²) >= 11 is 0. The molecule has 1 unspecified atom stereocenters. The van der Waals surface area contributed by atoms with Crippen molar-refractivity contribution in [3.63, 3.8) is 0 Å². The normalized spacial score (nSPS) is 25.6. The average Bonchev–Trinajstić information content (AvgIpc) is 3.28. The van der Waals surface area contributed by atoms with E-state index in [1.54, 1.807) is 0 Å². The summed E-state index contributed by atoms with van der Waals surface area (Å²) in [6.45, 7) is 5.74. The predicted molar refractivity (Wildman–Crippen MR) is 126 cm³/mol. The Morgan fingerprint density at radius 1 is 1.10 bits per heavy atom. The lowest BCUT2D eigenvalue weighted by atomic mass is 9.88. The molecule has 29 heavy (non-hydrogen) atoms. The summed E-state index contributed by atoms with van der Waals surface area (Å²) in [7, 11) is -3.07. The Labute approximate surface area is 192 Å². The lowest BCUT2D eigenvalue weighted by Gasteiger charge is -2.26. The minimum absolute atomic E-state index is 0. The minimum Gasteiger partial charge on any atom is -0.357 e. The van der Waals surface area contributed by atoms with Gasteiger partial charge in [-0.15, -0.1) is 24.0 Å². The summed E-state index contributed by atoms with van der Waals surface area (Å²) in [5.74, 6) is 1.50. The van der Waals surface area contributed by atoms with Crippen molar-refractivity contribution in [1.29, 1.82) is 0 Å². The van der Waals surface area contributed by atoms with Gasteiger partial charge in [0.1, 0.15) is 0 Å². The molecule has 3 aliphatic rings. The molecule has 1 amide bonds. The number of hydrogen-bond donors (Lipinski definition) is 2. The van der Waals surface area contributed by atoms with Crippen LogP contribution in [-0.4, -0.2) is 80.6 Å². The van der Waals surface area contributed by atoms with E-state index in [9.17, 15) is 13.2 Å². The zero-order valence-corrected chi connectivity index (χ0v) is 20.6. The highest BCUT2D eigenvalue weighted by molar-refractivity contribution is 14.0. The molecule has 0 spiro atoms. The second kappa shape index (κ2) is 11.7. The van der Waals surface area contributed by atoms with E-state index in [1.165, 1.54) is 23.6 Å². The molecule has 0 radical (unpaired) electrons. The Kier molecular flexibility index (Phi) is 9.93. The van der Waals surface area contributed by atoms with Gasteiger partial charge in [0.05, 0.1) is 12.3 Å². The Morgan fingerprint density at radius 3 is 2.52 bits per heavy atom. The second-order valence-corrected chi connectivity index (χ2v) is 10.2. The zero-order chi connectivity index (χ0) is 20.0. The molecular weight excluding hydrogens is 505 g/mol. The molecule has 0 aromatic rings. The number of amides is 1. The molecule has 8 nitrogen and oxygen atoms in total. The van der Waals surface area contributed by atoms with Crippen molar-refractivity contribution in [2.75, 3.05) is 45.0 Å². The summed E-state index contributed by atoms with van der Waals surface area (Å²) in [5, 5.41) is 6.66. The third kappa shape index (κ3) is 6.95. The van der Waals surface area contributed by atoms with Crippen molar-refractivity contribution < 1.29 is 13.2 Å². The van der Waals surface area contributed by atoms with Crippen LogP contribution < -0.4 is 10.6 Å². The van der Waals surface area contributed by atoms with Crippen molar-refractivity contribution in [3.8, 4) is 0 Å². The van der Waals surface area contributed by atoms with Crippen LogP contribution in [0.1, 0.15) is 51.9 Å². The van der Waals surface area contributed by atoms with Crippen LogP contribution in [0.25, 0.3) is 0 Å². The Balaban J connectivity index is 0.00000300. The summed E-state index contributed by atoms with van der Waals surface area (Å²) in [6.07, 6.45) is 7.32. The van der Waals surface area contributed by atoms with Crippen molar-refractivity contribution in [3.05, 3.63) is 0 Å². The Bertz CT molecular complexity index is 667. The van der Waals surface area contributed by atoms with Gasteiger partial charge in [-0.1, -0.05) is 19.3 Å². The van der Waals surface area contributed by atoms with Gasteiger partial charge in [-0.3, -0.25) is 9.79 Å². The molecule has 3 rings (SSSR count). The molecule has 1 aliphatic carbocycles. The molecule has 2 saturated heterocycles. The molecule has 0 aromatic heterocycles. The van der Waals surface area contributed by atoms with Gasteiger partial charge in [-0.2, -0.15) is 0 Å². The first kappa shape index (κ1) is 24.6. The molecule has 0 bridgehead atoms. The first-order valence-corrected chi connectivity index (χ1v) is 12.4. The summed E-state index contributed by atoms with van der Waals surface area (Å²) in [5.41, 5.74) is 0. The lowest BCUT2D eigenvalue weighted by molar-refractivity contribution is -0.135. The molecule has 1 saturated carbocycles. The predicted octanol–water partition coefficient (Wildman–Crippen LogP) is 1.38. The van der Waals surface area contributed by atoms with Gasteiger partial charge in [-0.05, 0) is 32.6 Å². The molecule has 168 valence electrons. The number of hydrogen-bond acceptors (Lipinski definition) is 4. The van der Waals surface area contributed by atoms with E-state index in [0.29, 0.717) is 37.9 Å². The standard InChI is InChI=1S/C19H35N5O3S.HI/c1-2-20-19(21-10-13-24-11-6-14-28(24,26)27)22-17-9-12-23(15-17)18(25)16-7-4-3-5-8-16;/h16-17H,2-15H2,1H3,(H2,20,21,22);1H. The van der Waals surface area contributed by atoms with E-state index in [2.05, 4.69) is 15.6 Å². The maximum atomic E-state index is 12.7. The van der Waals surface area contributed by atoms with E-state index in [4.69, 9.17) is 0 Å². The van der Waals surface area contributed by atoms with Crippen LogP contribution in [0, 0.1) is 5.92 Å². The molecule has 2 heterocycles. The number of nitrogens with one attached hydrogen (secondary N) is 2. The number of aliphatic imine (C=N–C) groups is 1. The number of sulfonamides is 1. The van der Waals surface area contributed by atoms with Gasteiger partial charge in [0.25, 0.3) is 0 Å². The average molecular weight is 542 g/mol. The van der Waals surface area contributed by atoms with Crippen LogP contribution >= 0.6 is 24.0 Å². The molecule has 0 aromatic carbocycles. The fourth-order valence-electron chi connectivity index (χ4n) is 4.42. The zero-order valence-electron chi connectivity index (χ0n) is 17.4. The fourth-order valence-corrected chi connectivity index (χ4v) is 5.93. The van der Waals surface area contributed by atoms with Crippen LogP contribution in [0.15, 0.2) is 4.99 Å². The highest BCUT2D eigenvalue weighted by Gasteiger charge is 2.32. The van der Waals surface area contributed by atoms with Crippen molar-refractivity contribution in [2.24, 2.45) is 10.9 Å². The number of likely N-dealkylation sites (tertiary alicyclic amines) is 1. The van der Waals surface area contributed by atoms with Crippen LogP contribution in [-0.2, 0) is 14.8 Å². The quantitative estimate of drug-likeness (QED) is 0.301. The second-order valence-electron chi connectivity index (χ2n) is 8.08. The van der Waals surface area contributed by atoms with Gasteiger partial charge in [0, 0.05) is 44.7 Å². The number of halogens is 1. The minimum atomic E-state index is -3.07. The highest BCUT2D eigenvalue weighted by Crippen LogP contribution is 2.26. The van der Waals surface area contributed by atoms with E-state index < -0.39 is 10.0 Å². The Morgan fingerprint density at radius 2 is 1.86 bits per heavy atom. The van der Waals surface area contributed by atoms with Gasteiger partial charge in [-0.25, -0.2) is 12.7 Å². The van der Waals surface area contributed by atoms with Gasteiger partial charge < -0.3 is 15.5 Å². The topological polar surface area (TPSA) is 94.1 Å². The number of carbonyl (C=O) groups excluding carboxylic acids is 1. The maximum Gasteiger partial charge on any atom is 0.225 e. The Hall–Kier alpha value is -0.620. The summed E-state index contributed by atoms with van der Waals surface area (Å²) < 4.78 is 25.3. The number of guanidine groups is 1. The van der Waals surface area contributed by atoms with Crippen LogP contribution in [0.5, 0.6) is 0 Å². The molecule has 2 aliphatic heterocycles. The smallest absolute Gasteiger partial charge is 0.225 e. The SMILES string of the molecule is CCNC(=NCCN1CCCS1(=O)=O)NC1CCN(C(=O)C2CCCCC2)C1.I. The van der Waals surface area contributed by atoms with Gasteiger partial charge >= 0.3 is 0 Å². The van der Waals surface area contributed by atoms with Crippen LogP contribution in [0.2, 0.25) is 0 Å².